The molecule has 1 aromatic carbocycles. The molecule has 0 saturated heterocycles. The fourth-order valence-electron chi connectivity index (χ4n) is 1.92. The number of rotatable bonds is 4. The number of carbonyl (C=O) groups excluding carboxylic acids is 1. The van der Waals surface area contributed by atoms with Crippen LogP contribution in [-0.4, -0.2) is 18.5 Å². The van der Waals surface area contributed by atoms with E-state index in [1.165, 1.54) is 0 Å². The van der Waals surface area contributed by atoms with Crippen molar-refractivity contribution in [3.63, 3.8) is 0 Å². The topological polar surface area (TPSA) is 55.1 Å². The molecule has 1 rings (SSSR count). The summed E-state index contributed by atoms with van der Waals surface area (Å²) in [6, 6.07) is 5.83. The minimum absolute atomic E-state index is 0.0254. The highest BCUT2D eigenvalue weighted by Gasteiger charge is 2.13. The maximum Gasteiger partial charge on any atom is 0.251 e. The second-order valence-corrected chi connectivity index (χ2v) is 4.47. The third kappa shape index (κ3) is 4.11. The molecule has 102 valence electrons. The zero-order valence-corrected chi connectivity index (χ0v) is 11.9. The summed E-state index contributed by atoms with van der Waals surface area (Å²) < 4.78 is 0. The first-order valence-corrected chi connectivity index (χ1v) is 6.73. The molecule has 1 amide bonds. The Balaban J connectivity index is 2.98. The summed E-state index contributed by atoms with van der Waals surface area (Å²) in [5, 5.41) is 3.04. The van der Waals surface area contributed by atoms with Crippen LogP contribution in [0.15, 0.2) is 18.2 Å². The van der Waals surface area contributed by atoms with Crippen LogP contribution >= 0.6 is 0 Å². The largest absolute Gasteiger partial charge is 0.349 e. The van der Waals surface area contributed by atoms with Crippen LogP contribution in [0.3, 0.4) is 0 Å². The van der Waals surface area contributed by atoms with Gasteiger partial charge in [0, 0.05) is 17.2 Å². The summed E-state index contributed by atoms with van der Waals surface area (Å²) in [5.74, 6) is 5.79. The minimum atomic E-state index is -0.0254. The lowest BCUT2D eigenvalue weighted by molar-refractivity contribution is 0.0934. The van der Waals surface area contributed by atoms with Crippen molar-refractivity contribution in [1.82, 2.24) is 5.32 Å². The summed E-state index contributed by atoms with van der Waals surface area (Å²) in [5.41, 5.74) is 7.84. The van der Waals surface area contributed by atoms with Gasteiger partial charge in [-0.3, -0.25) is 4.79 Å². The third-order valence-electron chi connectivity index (χ3n) is 3.22. The standard InChI is InChI=1S/C16H22N2O/c1-4-14(5-2)18-16(19)15-10-6-8-13(12(15)3)9-7-11-17/h6,8,10,14H,4-5,11,17H2,1-3H3,(H,18,19). The van der Waals surface area contributed by atoms with E-state index in [1.54, 1.807) is 0 Å². The van der Waals surface area contributed by atoms with Crippen LogP contribution < -0.4 is 11.1 Å². The first kappa shape index (κ1) is 15.3. The Morgan fingerprint density at radius 3 is 2.63 bits per heavy atom. The monoisotopic (exact) mass is 258 g/mol. The molecule has 0 unspecified atom stereocenters. The van der Waals surface area contributed by atoms with Crippen molar-refractivity contribution in [2.45, 2.75) is 39.7 Å². The molecular formula is C16H22N2O. The fraction of sp³-hybridized carbons (Fsp3) is 0.438. The van der Waals surface area contributed by atoms with E-state index in [9.17, 15) is 4.79 Å². The average molecular weight is 258 g/mol. The van der Waals surface area contributed by atoms with Gasteiger partial charge < -0.3 is 11.1 Å². The van der Waals surface area contributed by atoms with E-state index in [1.807, 2.05) is 25.1 Å². The van der Waals surface area contributed by atoms with E-state index in [-0.39, 0.29) is 11.9 Å². The van der Waals surface area contributed by atoms with Gasteiger partial charge in [-0.1, -0.05) is 31.8 Å². The van der Waals surface area contributed by atoms with Crippen LogP contribution in [0.25, 0.3) is 0 Å². The molecule has 0 aliphatic carbocycles. The van der Waals surface area contributed by atoms with Gasteiger partial charge in [0.25, 0.3) is 5.91 Å². The SMILES string of the molecule is CCC(CC)NC(=O)c1cccc(C#CCN)c1C. The Labute approximate surface area is 115 Å². The molecule has 3 heteroatoms. The number of carbonyl (C=O) groups is 1. The molecule has 0 bridgehead atoms. The van der Waals surface area contributed by atoms with Crippen LogP contribution in [-0.2, 0) is 0 Å². The molecule has 0 aliphatic heterocycles. The highest BCUT2D eigenvalue weighted by atomic mass is 16.1. The van der Waals surface area contributed by atoms with Crippen molar-refractivity contribution >= 4 is 5.91 Å². The molecule has 0 spiro atoms. The zero-order chi connectivity index (χ0) is 14.3. The summed E-state index contributed by atoms with van der Waals surface area (Å²) in [4.78, 5) is 12.2. The molecule has 3 N–H and O–H groups in total. The maximum atomic E-state index is 12.2. The van der Waals surface area contributed by atoms with E-state index in [0.717, 1.165) is 24.0 Å². The van der Waals surface area contributed by atoms with Crippen molar-refractivity contribution in [2.24, 2.45) is 5.73 Å². The Morgan fingerprint density at radius 1 is 1.37 bits per heavy atom. The molecular weight excluding hydrogens is 236 g/mol. The Hall–Kier alpha value is -1.79. The molecule has 0 heterocycles. The first-order chi connectivity index (χ1) is 9.13. The highest BCUT2D eigenvalue weighted by Crippen LogP contribution is 2.13. The van der Waals surface area contributed by atoms with Crippen molar-refractivity contribution in [3.8, 4) is 11.8 Å². The fourth-order valence-corrected chi connectivity index (χ4v) is 1.92. The van der Waals surface area contributed by atoms with Gasteiger partial charge in [-0.2, -0.15) is 0 Å². The molecule has 0 aliphatic rings. The van der Waals surface area contributed by atoms with E-state index < -0.39 is 0 Å². The van der Waals surface area contributed by atoms with Gasteiger partial charge in [0.05, 0.1) is 6.54 Å². The lowest BCUT2D eigenvalue weighted by atomic mass is 10.0. The smallest absolute Gasteiger partial charge is 0.251 e. The molecule has 0 atom stereocenters. The van der Waals surface area contributed by atoms with Gasteiger partial charge in [-0.25, -0.2) is 0 Å². The molecule has 0 radical (unpaired) electrons. The summed E-state index contributed by atoms with van der Waals surface area (Å²) in [7, 11) is 0. The summed E-state index contributed by atoms with van der Waals surface area (Å²) in [6.07, 6.45) is 1.88. The van der Waals surface area contributed by atoms with E-state index in [4.69, 9.17) is 5.73 Å². The van der Waals surface area contributed by atoms with Gasteiger partial charge in [-0.05, 0) is 37.5 Å². The van der Waals surface area contributed by atoms with Crippen molar-refractivity contribution in [2.75, 3.05) is 6.54 Å². The number of amides is 1. The summed E-state index contributed by atoms with van der Waals surface area (Å²) >= 11 is 0. The van der Waals surface area contributed by atoms with Crippen LogP contribution in [0, 0.1) is 18.8 Å². The van der Waals surface area contributed by atoms with E-state index in [0.29, 0.717) is 12.1 Å². The zero-order valence-electron chi connectivity index (χ0n) is 11.9. The van der Waals surface area contributed by atoms with Gasteiger partial charge in [-0.15, -0.1) is 0 Å². The molecule has 0 aromatic heterocycles. The van der Waals surface area contributed by atoms with Crippen LogP contribution in [0.2, 0.25) is 0 Å². The number of nitrogens with two attached hydrogens (primary N) is 1. The van der Waals surface area contributed by atoms with E-state index >= 15 is 0 Å². The molecule has 0 fully saturated rings. The van der Waals surface area contributed by atoms with Crippen LogP contribution in [0.1, 0.15) is 48.2 Å². The van der Waals surface area contributed by atoms with Gasteiger partial charge in [0.2, 0.25) is 0 Å². The van der Waals surface area contributed by atoms with Crippen molar-refractivity contribution in [1.29, 1.82) is 0 Å². The van der Waals surface area contributed by atoms with Crippen LogP contribution in [0.4, 0.5) is 0 Å². The Bertz CT molecular complexity index is 493. The van der Waals surface area contributed by atoms with Gasteiger partial charge in [0.1, 0.15) is 0 Å². The van der Waals surface area contributed by atoms with Crippen molar-refractivity contribution in [3.05, 3.63) is 34.9 Å². The third-order valence-corrected chi connectivity index (χ3v) is 3.22. The maximum absolute atomic E-state index is 12.2. The normalized spacial score (nSPS) is 9.95. The quantitative estimate of drug-likeness (QED) is 0.814. The minimum Gasteiger partial charge on any atom is -0.349 e. The number of benzene rings is 1. The van der Waals surface area contributed by atoms with E-state index in [2.05, 4.69) is 31.0 Å². The molecule has 19 heavy (non-hydrogen) atoms. The lowest BCUT2D eigenvalue weighted by Crippen LogP contribution is -2.34. The Kier molecular flexibility index (Phi) is 6.11. The molecule has 0 saturated carbocycles. The first-order valence-electron chi connectivity index (χ1n) is 6.73. The van der Waals surface area contributed by atoms with Crippen molar-refractivity contribution < 1.29 is 4.79 Å². The second-order valence-electron chi connectivity index (χ2n) is 4.47. The highest BCUT2D eigenvalue weighted by molar-refractivity contribution is 5.96. The van der Waals surface area contributed by atoms with Crippen LogP contribution in [0.5, 0.6) is 0 Å². The van der Waals surface area contributed by atoms with Gasteiger partial charge in [0.15, 0.2) is 0 Å². The number of nitrogens with one attached hydrogen (secondary N) is 1. The molecule has 1 aromatic rings. The number of hydrogen-bond acceptors (Lipinski definition) is 2. The molecule has 3 nitrogen and oxygen atoms in total. The lowest BCUT2D eigenvalue weighted by Gasteiger charge is -2.16. The average Bonchev–Trinajstić information content (AvgIpc) is 2.43. The predicted molar refractivity (Wildman–Crippen MR) is 78.9 cm³/mol. The second kappa shape index (κ2) is 7.60. The summed E-state index contributed by atoms with van der Waals surface area (Å²) in [6.45, 7) is 6.39. The Morgan fingerprint density at radius 2 is 2.05 bits per heavy atom. The van der Waals surface area contributed by atoms with Gasteiger partial charge >= 0.3 is 0 Å². The predicted octanol–water partition coefficient (Wildman–Crippen LogP) is 2.22. The number of hydrogen-bond donors (Lipinski definition) is 2.